The molecule has 4 aromatic heterocycles. The number of anilines is 1. The summed E-state index contributed by atoms with van der Waals surface area (Å²) in [6, 6.07) is 7.49. The number of aromatic nitrogens is 6. The average Bonchev–Trinajstić information content (AvgIpc) is 3.34. The lowest BCUT2D eigenvalue weighted by atomic mass is 10.2. The van der Waals surface area contributed by atoms with Crippen molar-refractivity contribution < 1.29 is 4.79 Å². The van der Waals surface area contributed by atoms with Crippen LogP contribution in [0.25, 0.3) is 17.1 Å². The second-order valence-electron chi connectivity index (χ2n) is 5.83. The van der Waals surface area contributed by atoms with Gasteiger partial charge < -0.3 is 0 Å². The van der Waals surface area contributed by atoms with Gasteiger partial charge in [0.1, 0.15) is 5.69 Å². The second-order valence-corrected chi connectivity index (χ2v) is 6.69. The van der Waals surface area contributed by atoms with Crippen LogP contribution in [0.5, 0.6) is 0 Å². The largest absolute Gasteiger partial charge is 0.296 e. The van der Waals surface area contributed by atoms with E-state index in [2.05, 4.69) is 30.6 Å². The summed E-state index contributed by atoms with van der Waals surface area (Å²) in [6.07, 6.45) is 4.66. The Bertz CT molecular complexity index is 1100. The highest BCUT2D eigenvalue weighted by molar-refractivity contribution is 7.14. The molecule has 134 valence electrons. The summed E-state index contributed by atoms with van der Waals surface area (Å²) in [5.74, 6) is -0.349. The highest BCUT2D eigenvalue weighted by Crippen LogP contribution is 2.24. The van der Waals surface area contributed by atoms with E-state index in [1.54, 1.807) is 24.5 Å². The molecule has 4 heterocycles. The third-order valence-corrected chi connectivity index (χ3v) is 4.77. The number of nitrogens with one attached hydrogen (secondary N) is 1. The maximum atomic E-state index is 12.6. The number of thiazole rings is 1. The number of hydrogen-bond acceptors (Lipinski definition) is 7. The van der Waals surface area contributed by atoms with Crippen LogP contribution in [0.4, 0.5) is 5.13 Å². The molecule has 4 aromatic rings. The van der Waals surface area contributed by atoms with Gasteiger partial charge in [-0.15, -0.1) is 16.4 Å². The number of aryl methyl sites for hydroxylation is 2. The molecule has 0 unspecified atom stereocenters. The topological polar surface area (TPSA) is 98.5 Å². The van der Waals surface area contributed by atoms with Crippen LogP contribution in [-0.4, -0.2) is 35.9 Å². The Kier molecular flexibility index (Phi) is 4.43. The number of carbonyl (C=O) groups is 1. The number of rotatable bonds is 4. The zero-order valence-corrected chi connectivity index (χ0v) is 15.4. The second kappa shape index (κ2) is 7.04. The molecule has 0 aromatic carbocycles. The SMILES string of the molecule is Cc1ccc(-c2csc(NC(=O)c3cnnn3-c3cccnc3)n2)nc1C. The zero-order valence-electron chi connectivity index (χ0n) is 14.6. The minimum Gasteiger partial charge on any atom is -0.296 e. The molecule has 1 amide bonds. The van der Waals surface area contributed by atoms with Crippen LogP contribution in [0, 0.1) is 13.8 Å². The molecule has 0 radical (unpaired) electrons. The van der Waals surface area contributed by atoms with Crippen molar-refractivity contribution in [2.45, 2.75) is 13.8 Å². The van der Waals surface area contributed by atoms with Crippen LogP contribution in [-0.2, 0) is 0 Å². The molecule has 0 atom stereocenters. The molecule has 4 rings (SSSR count). The van der Waals surface area contributed by atoms with Gasteiger partial charge >= 0.3 is 0 Å². The molecule has 0 aliphatic rings. The van der Waals surface area contributed by atoms with E-state index in [0.29, 0.717) is 16.5 Å². The van der Waals surface area contributed by atoms with E-state index in [0.717, 1.165) is 22.6 Å². The van der Waals surface area contributed by atoms with Crippen molar-refractivity contribution in [3.8, 4) is 17.1 Å². The van der Waals surface area contributed by atoms with E-state index < -0.39 is 0 Å². The van der Waals surface area contributed by atoms with Gasteiger partial charge in [0, 0.05) is 17.3 Å². The first-order valence-corrected chi connectivity index (χ1v) is 9.02. The van der Waals surface area contributed by atoms with E-state index in [4.69, 9.17) is 0 Å². The maximum Gasteiger partial charge on any atom is 0.277 e. The average molecular weight is 377 g/mol. The first-order valence-electron chi connectivity index (χ1n) is 8.14. The predicted molar refractivity (Wildman–Crippen MR) is 102 cm³/mol. The lowest BCUT2D eigenvalue weighted by molar-refractivity contribution is 0.101. The Labute approximate surface area is 159 Å². The van der Waals surface area contributed by atoms with Crippen LogP contribution in [0.3, 0.4) is 0 Å². The van der Waals surface area contributed by atoms with Gasteiger partial charge in [0.15, 0.2) is 10.8 Å². The Balaban J connectivity index is 1.56. The molecular formula is C18H15N7OS. The van der Waals surface area contributed by atoms with E-state index in [1.165, 1.54) is 22.2 Å². The van der Waals surface area contributed by atoms with Gasteiger partial charge in [0.25, 0.3) is 5.91 Å². The van der Waals surface area contributed by atoms with E-state index >= 15 is 0 Å². The first kappa shape index (κ1) is 17.0. The smallest absolute Gasteiger partial charge is 0.277 e. The standard InChI is InChI=1S/C18H15N7OS/c1-11-5-6-14(21-12(11)2)15-10-27-18(22-15)23-17(26)16-9-20-24-25(16)13-4-3-7-19-8-13/h3-10H,1-2H3,(H,22,23,26). The van der Waals surface area contributed by atoms with Gasteiger partial charge in [-0.25, -0.2) is 9.67 Å². The number of carbonyl (C=O) groups excluding carboxylic acids is 1. The van der Waals surface area contributed by atoms with Crippen molar-refractivity contribution >= 4 is 22.4 Å². The summed E-state index contributed by atoms with van der Waals surface area (Å²) in [6.45, 7) is 3.97. The molecule has 1 N–H and O–H groups in total. The van der Waals surface area contributed by atoms with Crippen LogP contribution in [0.1, 0.15) is 21.7 Å². The third-order valence-electron chi connectivity index (χ3n) is 4.01. The molecule has 0 aliphatic heterocycles. The lowest BCUT2D eigenvalue weighted by Gasteiger charge is -2.05. The van der Waals surface area contributed by atoms with E-state index in [1.807, 2.05) is 31.4 Å². The van der Waals surface area contributed by atoms with Crippen molar-refractivity contribution in [2.75, 3.05) is 5.32 Å². The van der Waals surface area contributed by atoms with Crippen LogP contribution < -0.4 is 5.32 Å². The Hall–Kier alpha value is -3.46. The molecule has 0 spiro atoms. The Morgan fingerprint density at radius 3 is 2.78 bits per heavy atom. The number of nitrogens with zero attached hydrogens (tertiary/aromatic N) is 6. The molecule has 0 saturated carbocycles. The molecule has 27 heavy (non-hydrogen) atoms. The summed E-state index contributed by atoms with van der Waals surface area (Å²) in [5.41, 5.74) is 4.52. The molecule has 0 fully saturated rings. The summed E-state index contributed by atoms with van der Waals surface area (Å²) >= 11 is 1.34. The van der Waals surface area contributed by atoms with Crippen LogP contribution >= 0.6 is 11.3 Å². The molecule has 0 bridgehead atoms. The Morgan fingerprint density at radius 2 is 2.00 bits per heavy atom. The molecule has 0 aliphatic carbocycles. The van der Waals surface area contributed by atoms with Crippen molar-refractivity contribution in [1.82, 2.24) is 29.9 Å². The van der Waals surface area contributed by atoms with Crippen molar-refractivity contribution in [1.29, 1.82) is 0 Å². The van der Waals surface area contributed by atoms with Crippen LogP contribution in [0.2, 0.25) is 0 Å². The fourth-order valence-corrected chi connectivity index (χ4v) is 3.14. The highest BCUT2D eigenvalue weighted by atomic mass is 32.1. The fraction of sp³-hybridized carbons (Fsp3) is 0.111. The predicted octanol–water partition coefficient (Wildman–Crippen LogP) is 3.05. The van der Waals surface area contributed by atoms with Gasteiger partial charge in [0.05, 0.1) is 23.8 Å². The summed E-state index contributed by atoms with van der Waals surface area (Å²) in [7, 11) is 0. The quantitative estimate of drug-likeness (QED) is 0.587. The molecule has 0 saturated heterocycles. The first-order chi connectivity index (χ1) is 13.1. The molecule has 9 heteroatoms. The summed E-state index contributed by atoms with van der Waals surface area (Å²) in [5, 5.41) is 12.9. The normalized spacial score (nSPS) is 10.7. The summed E-state index contributed by atoms with van der Waals surface area (Å²) < 4.78 is 1.43. The van der Waals surface area contributed by atoms with Gasteiger partial charge in [-0.3, -0.25) is 20.1 Å². The Morgan fingerprint density at radius 1 is 1.11 bits per heavy atom. The van der Waals surface area contributed by atoms with Gasteiger partial charge in [-0.1, -0.05) is 11.3 Å². The van der Waals surface area contributed by atoms with Gasteiger partial charge in [-0.05, 0) is 37.6 Å². The minimum absolute atomic E-state index is 0.295. The van der Waals surface area contributed by atoms with Crippen LogP contribution in [0.15, 0.2) is 48.2 Å². The number of pyridine rings is 2. The number of hydrogen-bond donors (Lipinski definition) is 1. The van der Waals surface area contributed by atoms with E-state index in [9.17, 15) is 4.79 Å². The molecular weight excluding hydrogens is 362 g/mol. The zero-order chi connectivity index (χ0) is 18.8. The van der Waals surface area contributed by atoms with Gasteiger partial charge in [0.2, 0.25) is 0 Å². The summed E-state index contributed by atoms with van der Waals surface area (Å²) in [4.78, 5) is 25.7. The minimum atomic E-state index is -0.349. The van der Waals surface area contributed by atoms with Gasteiger partial charge in [-0.2, -0.15) is 0 Å². The van der Waals surface area contributed by atoms with E-state index in [-0.39, 0.29) is 5.91 Å². The maximum absolute atomic E-state index is 12.6. The lowest BCUT2D eigenvalue weighted by Crippen LogP contribution is -2.17. The van der Waals surface area contributed by atoms with Crippen molar-refractivity contribution in [2.24, 2.45) is 0 Å². The third kappa shape index (κ3) is 3.44. The monoisotopic (exact) mass is 377 g/mol. The van der Waals surface area contributed by atoms with Crippen molar-refractivity contribution in [3.05, 3.63) is 65.2 Å². The highest BCUT2D eigenvalue weighted by Gasteiger charge is 2.17. The molecule has 8 nitrogen and oxygen atoms in total. The van der Waals surface area contributed by atoms with Crippen molar-refractivity contribution in [3.63, 3.8) is 0 Å². The number of amides is 1. The fourth-order valence-electron chi connectivity index (χ4n) is 2.44.